The monoisotopic (exact) mass is 345 g/mol. The summed E-state index contributed by atoms with van der Waals surface area (Å²) in [5.74, 6) is 0. The molecule has 5 nitrogen and oxygen atoms in total. The topological polar surface area (TPSA) is 73.2 Å². The minimum Gasteiger partial charge on any atom is -0.393 e. The quantitative estimate of drug-likeness (QED) is 0.353. The Balaban J connectivity index is 2.55. The second-order valence-electron chi connectivity index (χ2n) is 7.40. The zero-order valence-electron chi connectivity index (χ0n) is 15.9. The Morgan fingerprint density at radius 3 is 2.33 bits per heavy atom. The molecule has 144 valence electrons. The number of unbranched alkanes of at least 4 members (excludes halogenated alkanes) is 5. The zero-order valence-corrected chi connectivity index (χ0v) is 15.9. The van der Waals surface area contributed by atoms with Gasteiger partial charge in [-0.2, -0.15) is 0 Å². The van der Waals surface area contributed by atoms with Gasteiger partial charge in [0.25, 0.3) is 0 Å². The van der Waals surface area contributed by atoms with Gasteiger partial charge < -0.3 is 20.1 Å². The van der Waals surface area contributed by atoms with Crippen LogP contribution >= 0.6 is 0 Å². The van der Waals surface area contributed by atoms with Gasteiger partial charge in [0.05, 0.1) is 24.9 Å². The van der Waals surface area contributed by atoms with Crippen molar-refractivity contribution in [3.8, 4) is 0 Å². The third kappa shape index (κ3) is 6.60. The smallest absolute Gasteiger partial charge is 0.150 e. The molecule has 1 unspecified atom stereocenters. The molecule has 1 saturated carbocycles. The van der Waals surface area contributed by atoms with E-state index in [2.05, 4.69) is 13.8 Å². The summed E-state index contributed by atoms with van der Waals surface area (Å²) < 4.78 is 6.04. The Bertz CT molecular complexity index is 328. The van der Waals surface area contributed by atoms with Gasteiger partial charge in [-0.05, 0) is 19.9 Å². The largest absolute Gasteiger partial charge is 0.393 e. The van der Waals surface area contributed by atoms with Crippen LogP contribution in [0.25, 0.3) is 0 Å². The van der Waals surface area contributed by atoms with Gasteiger partial charge in [0.1, 0.15) is 5.72 Å². The summed E-state index contributed by atoms with van der Waals surface area (Å²) >= 11 is 0. The first-order valence-electron chi connectivity index (χ1n) is 9.85. The maximum atomic E-state index is 10.5. The first-order chi connectivity index (χ1) is 11.5. The van der Waals surface area contributed by atoms with Gasteiger partial charge in [-0.3, -0.25) is 4.90 Å². The highest BCUT2D eigenvalue weighted by Crippen LogP contribution is 2.37. The summed E-state index contributed by atoms with van der Waals surface area (Å²) in [5, 5.41) is 30.6. The van der Waals surface area contributed by atoms with E-state index in [1.165, 1.54) is 25.7 Å². The van der Waals surface area contributed by atoms with Gasteiger partial charge in [0.2, 0.25) is 0 Å². The molecule has 0 aromatic rings. The summed E-state index contributed by atoms with van der Waals surface area (Å²) in [4.78, 5) is 2.05. The lowest BCUT2D eigenvalue weighted by atomic mass is 10.1. The van der Waals surface area contributed by atoms with Gasteiger partial charge in [-0.15, -0.1) is 0 Å². The van der Waals surface area contributed by atoms with Gasteiger partial charge in [0, 0.05) is 19.4 Å². The maximum absolute atomic E-state index is 10.5. The second kappa shape index (κ2) is 11.4. The van der Waals surface area contributed by atoms with E-state index in [0.717, 1.165) is 25.8 Å². The molecular formula is C19H39NO4. The van der Waals surface area contributed by atoms with Crippen molar-refractivity contribution in [1.29, 1.82) is 0 Å². The van der Waals surface area contributed by atoms with Crippen molar-refractivity contribution in [2.24, 2.45) is 0 Å². The van der Waals surface area contributed by atoms with E-state index < -0.39 is 24.0 Å². The first kappa shape index (κ1) is 21.8. The molecule has 0 aliphatic heterocycles. The standard InChI is InChI=1S/C19H39NO4/c1-4-6-8-9-10-12-20(3)19(14-17(22)13-18(19)23)24-15-16(21)11-7-5-2/h16-18,21-23H,4-15H2,1-3H3/t16?,17-,18+,19-/m1/s1. The highest BCUT2D eigenvalue weighted by atomic mass is 16.5. The van der Waals surface area contributed by atoms with Crippen LogP contribution in [0.4, 0.5) is 0 Å². The third-order valence-corrected chi connectivity index (χ3v) is 5.20. The van der Waals surface area contributed by atoms with Gasteiger partial charge in [-0.25, -0.2) is 0 Å². The number of hydrogen-bond donors (Lipinski definition) is 3. The van der Waals surface area contributed by atoms with Gasteiger partial charge in [-0.1, -0.05) is 52.4 Å². The Hall–Kier alpha value is -0.200. The van der Waals surface area contributed by atoms with Crippen LogP contribution in [-0.4, -0.2) is 64.5 Å². The summed E-state index contributed by atoms with van der Waals surface area (Å²) in [7, 11) is 1.96. The van der Waals surface area contributed by atoms with Crippen LogP contribution in [0.3, 0.4) is 0 Å². The molecule has 0 spiro atoms. The number of nitrogens with zero attached hydrogens (tertiary/aromatic N) is 1. The SMILES string of the molecule is CCCCCCCN(C)[C@@]1(OCC(O)CCCC)C[C@H](O)C[C@@H]1O. The third-order valence-electron chi connectivity index (χ3n) is 5.20. The molecule has 0 aromatic carbocycles. The number of likely N-dealkylation sites (N-methyl/N-ethyl adjacent to an activating group) is 1. The summed E-state index contributed by atoms with van der Waals surface area (Å²) in [5.41, 5.74) is -0.864. The molecule has 1 fully saturated rings. The number of ether oxygens (including phenoxy) is 1. The first-order valence-corrected chi connectivity index (χ1v) is 9.85. The van der Waals surface area contributed by atoms with Crippen molar-refractivity contribution in [1.82, 2.24) is 4.90 Å². The molecule has 1 aliphatic rings. The van der Waals surface area contributed by atoms with Gasteiger partial charge >= 0.3 is 0 Å². The highest BCUT2D eigenvalue weighted by molar-refractivity contribution is 4.97. The normalized spacial score (nSPS) is 28.6. The lowest BCUT2D eigenvalue weighted by Crippen LogP contribution is -2.55. The van der Waals surface area contributed by atoms with Gasteiger partial charge in [0.15, 0.2) is 0 Å². The second-order valence-corrected chi connectivity index (χ2v) is 7.40. The van der Waals surface area contributed by atoms with E-state index in [0.29, 0.717) is 19.3 Å². The number of hydrogen-bond acceptors (Lipinski definition) is 5. The number of rotatable bonds is 13. The molecule has 0 heterocycles. The number of aliphatic hydroxyl groups excluding tert-OH is 3. The lowest BCUT2D eigenvalue weighted by Gasteiger charge is -2.41. The minimum absolute atomic E-state index is 0.212. The van der Waals surface area contributed by atoms with Crippen molar-refractivity contribution in [2.75, 3.05) is 20.2 Å². The molecule has 4 atom stereocenters. The van der Waals surface area contributed by atoms with Crippen molar-refractivity contribution in [3.63, 3.8) is 0 Å². The van der Waals surface area contributed by atoms with E-state index in [1.807, 2.05) is 11.9 Å². The molecular weight excluding hydrogens is 306 g/mol. The Kier molecular flexibility index (Phi) is 10.4. The molecule has 0 saturated heterocycles. The molecule has 1 rings (SSSR count). The molecule has 1 aliphatic carbocycles. The van der Waals surface area contributed by atoms with Crippen molar-refractivity contribution in [3.05, 3.63) is 0 Å². The molecule has 5 heteroatoms. The van der Waals surface area contributed by atoms with Crippen LogP contribution in [0.5, 0.6) is 0 Å². The predicted octanol–water partition coefficient (Wildman–Crippen LogP) is 2.67. The van der Waals surface area contributed by atoms with Crippen molar-refractivity contribution < 1.29 is 20.1 Å². The van der Waals surface area contributed by atoms with E-state index in [9.17, 15) is 15.3 Å². The molecule has 0 amide bonds. The summed E-state index contributed by atoms with van der Waals surface area (Å²) in [6.07, 6.45) is 7.65. The van der Waals surface area contributed by atoms with E-state index in [4.69, 9.17) is 4.74 Å². The van der Waals surface area contributed by atoms with Crippen LogP contribution in [-0.2, 0) is 4.74 Å². The van der Waals surface area contributed by atoms with Crippen LogP contribution < -0.4 is 0 Å². The predicted molar refractivity (Wildman–Crippen MR) is 96.9 cm³/mol. The average Bonchev–Trinajstić information content (AvgIpc) is 2.85. The van der Waals surface area contributed by atoms with Crippen LogP contribution in [0.15, 0.2) is 0 Å². The highest BCUT2D eigenvalue weighted by Gasteiger charge is 2.50. The molecule has 3 N–H and O–H groups in total. The van der Waals surface area contributed by atoms with Crippen LogP contribution in [0, 0.1) is 0 Å². The Morgan fingerprint density at radius 2 is 1.75 bits per heavy atom. The maximum Gasteiger partial charge on any atom is 0.150 e. The van der Waals surface area contributed by atoms with E-state index in [-0.39, 0.29) is 6.61 Å². The minimum atomic E-state index is -0.864. The van der Waals surface area contributed by atoms with E-state index in [1.54, 1.807) is 0 Å². The lowest BCUT2D eigenvalue weighted by molar-refractivity contribution is -0.206. The Morgan fingerprint density at radius 1 is 1.08 bits per heavy atom. The molecule has 0 radical (unpaired) electrons. The summed E-state index contributed by atoms with van der Waals surface area (Å²) in [6, 6.07) is 0. The fourth-order valence-corrected chi connectivity index (χ4v) is 3.58. The molecule has 24 heavy (non-hydrogen) atoms. The Labute approximate surface area is 148 Å². The fraction of sp³-hybridized carbons (Fsp3) is 1.00. The van der Waals surface area contributed by atoms with E-state index >= 15 is 0 Å². The molecule has 0 bridgehead atoms. The average molecular weight is 346 g/mol. The number of aliphatic hydroxyl groups is 3. The van der Waals surface area contributed by atoms with Crippen molar-refractivity contribution >= 4 is 0 Å². The fourth-order valence-electron chi connectivity index (χ4n) is 3.58. The zero-order chi connectivity index (χ0) is 18.0. The van der Waals surface area contributed by atoms with Crippen LogP contribution in [0.2, 0.25) is 0 Å². The molecule has 0 aromatic heterocycles. The van der Waals surface area contributed by atoms with Crippen LogP contribution in [0.1, 0.15) is 78.1 Å². The summed E-state index contributed by atoms with van der Waals surface area (Å²) in [6.45, 7) is 5.34. The van der Waals surface area contributed by atoms with Crippen molar-refractivity contribution in [2.45, 2.75) is 102 Å².